The topological polar surface area (TPSA) is 20.7 Å². The predicted octanol–water partition coefficient (Wildman–Crippen LogP) is 5.24. The first-order chi connectivity index (χ1) is 9.08. The lowest BCUT2D eigenvalue weighted by Gasteiger charge is -2.06. The third-order valence-electron chi connectivity index (χ3n) is 2.82. The van der Waals surface area contributed by atoms with Crippen LogP contribution < -0.4 is 0 Å². The van der Waals surface area contributed by atoms with Gasteiger partial charge in [-0.15, -0.1) is 0 Å². The zero-order valence-electron chi connectivity index (χ0n) is 9.45. The Bertz CT molecular complexity index is 840. The second-order valence-electron chi connectivity index (χ2n) is 4.00. The summed E-state index contributed by atoms with van der Waals surface area (Å²) in [6.07, 6.45) is 0. The van der Waals surface area contributed by atoms with Gasteiger partial charge in [0.2, 0.25) is 0 Å². The number of imidazole rings is 1. The van der Waals surface area contributed by atoms with Gasteiger partial charge >= 0.3 is 0 Å². The fourth-order valence-corrected chi connectivity index (χ4v) is 2.85. The number of fused-ring (bicyclic) bond motifs is 1. The van der Waals surface area contributed by atoms with E-state index in [0.717, 1.165) is 5.52 Å². The van der Waals surface area contributed by atoms with Crippen LogP contribution in [-0.4, -0.2) is 9.55 Å². The number of benzene rings is 2. The van der Waals surface area contributed by atoms with E-state index in [1.54, 1.807) is 28.8 Å². The lowest BCUT2D eigenvalue weighted by atomic mass is 10.2. The van der Waals surface area contributed by atoms with Gasteiger partial charge in [0.15, 0.2) is 4.77 Å². The lowest BCUT2D eigenvalue weighted by molar-refractivity contribution is 0.618. The van der Waals surface area contributed by atoms with E-state index in [4.69, 9.17) is 23.8 Å². The fourth-order valence-electron chi connectivity index (χ4n) is 2.00. The van der Waals surface area contributed by atoms with Gasteiger partial charge in [-0.1, -0.05) is 33.6 Å². The molecule has 0 radical (unpaired) electrons. The Morgan fingerprint density at radius 3 is 2.79 bits per heavy atom. The minimum atomic E-state index is -0.355. The molecule has 96 valence electrons. The van der Waals surface area contributed by atoms with Crippen molar-refractivity contribution in [3.05, 3.63) is 56.5 Å². The van der Waals surface area contributed by atoms with Crippen LogP contribution in [0.4, 0.5) is 4.39 Å². The summed E-state index contributed by atoms with van der Waals surface area (Å²) >= 11 is 14.6. The molecule has 0 aliphatic carbocycles. The van der Waals surface area contributed by atoms with Crippen molar-refractivity contribution in [3.8, 4) is 5.69 Å². The van der Waals surface area contributed by atoms with Gasteiger partial charge in [0.25, 0.3) is 0 Å². The van der Waals surface area contributed by atoms with Crippen LogP contribution in [0.3, 0.4) is 0 Å². The Morgan fingerprint density at radius 1 is 1.26 bits per heavy atom. The van der Waals surface area contributed by atoms with Crippen LogP contribution in [0.15, 0.2) is 40.9 Å². The van der Waals surface area contributed by atoms with E-state index in [1.807, 2.05) is 6.07 Å². The molecule has 0 unspecified atom stereocenters. The van der Waals surface area contributed by atoms with Crippen LogP contribution in [0, 0.1) is 10.6 Å². The minimum Gasteiger partial charge on any atom is -0.329 e. The molecule has 19 heavy (non-hydrogen) atoms. The molecule has 2 nitrogen and oxygen atoms in total. The maximum absolute atomic E-state index is 14.1. The number of aromatic nitrogens is 2. The van der Waals surface area contributed by atoms with Crippen molar-refractivity contribution in [2.75, 3.05) is 0 Å². The maximum Gasteiger partial charge on any atom is 0.182 e. The lowest BCUT2D eigenvalue weighted by Crippen LogP contribution is -1.97. The quantitative estimate of drug-likeness (QED) is 0.590. The number of hydrogen-bond donors (Lipinski definition) is 1. The zero-order valence-corrected chi connectivity index (χ0v) is 12.6. The summed E-state index contributed by atoms with van der Waals surface area (Å²) in [6, 6.07) is 10.3. The van der Waals surface area contributed by atoms with Crippen molar-refractivity contribution in [1.29, 1.82) is 0 Å². The third-order valence-corrected chi connectivity index (χ3v) is 3.91. The number of para-hydroxylation sites is 1. The van der Waals surface area contributed by atoms with Crippen molar-refractivity contribution in [3.63, 3.8) is 0 Å². The minimum absolute atomic E-state index is 0.355. The molecule has 0 bridgehead atoms. The molecule has 0 saturated carbocycles. The zero-order chi connectivity index (χ0) is 13.6. The average Bonchev–Trinajstić information content (AvgIpc) is 2.68. The number of H-pyrrole nitrogens is 1. The molecule has 0 fully saturated rings. The van der Waals surface area contributed by atoms with E-state index in [0.29, 0.717) is 25.5 Å². The number of aromatic amines is 1. The molecular weight excluding hydrogens is 351 g/mol. The Hall–Kier alpha value is -1.17. The summed E-state index contributed by atoms with van der Waals surface area (Å²) in [6.45, 7) is 0. The van der Waals surface area contributed by atoms with E-state index >= 15 is 0 Å². The van der Waals surface area contributed by atoms with Crippen molar-refractivity contribution in [1.82, 2.24) is 9.55 Å². The summed E-state index contributed by atoms with van der Waals surface area (Å²) in [5.74, 6) is -0.355. The molecule has 0 aliphatic rings. The first-order valence-corrected chi connectivity index (χ1v) is 7.00. The van der Waals surface area contributed by atoms with Crippen LogP contribution in [0.5, 0.6) is 0 Å². The second-order valence-corrected chi connectivity index (χ2v) is 5.70. The Labute approximate surface area is 127 Å². The molecule has 1 heterocycles. The van der Waals surface area contributed by atoms with Crippen molar-refractivity contribution >= 4 is 50.8 Å². The van der Waals surface area contributed by atoms with Crippen molar-refractivity contribution < 1.29 is 4.39 Å². The number of halogens is 3. The summed E-state index contributed by atoms with van der Waals surface area (Å²) in [4.78, 5) is 3.00. The summed E-state index contributed by atoms with van der Waals surface area (Å²) in [5, 5.41) is 0.555. The van der Waals surface area contributed by atoms with Crippen LogP contribution in [0.2, 0.25) is 5.02 Å². The van der Waals surface area contributed by atoms with Gasteiger partial charge in [0.1, 0.15) is 5.82 Å². The van der Waals surface area contributed by atoms with Crippen LogP contribution >= 0.6 is 39.7 Å². The number of nitrogens with one attached hydrogen (secondary N) is 1. The highest BCUT2D eigenvalue weighted by Gasteiger charge is 2.12. The Morgan fingerprint density at radius 2 is 2.05 bits per heavy atom. The normalized spacial score (nSPS) is 11.1. The van der Waals surface area contributed by atoms with Crippen LogP contribution in [-0.2, 0) is 0 Å². The van der Waals surface area contributed by atoms with E-state index in [1.165, 1.54) is 6.07 Å². The number of hydrogen-bond acceptors (Lipinski definition) is 1. The highest BCUT2D eigenvalue weighted by Crippen LogP contribution is 2.27. The van der Waals surface area contributed by atoms with Gasteiger partial charge in [0.05, 0.1) is 21.7 Å². The van der Waals surface area contributed by atoms with Gasteiger partial charge in [-0.05, 0) is 42.5 Å². The van der Waals surface area contributed by atoms with E-state index in [-0.39, 0.29) is 5.82 Å². The molecule has 6 heteroatoms. The first-order valence-electron chi connectivity index (χ1n) is 5.42. The van der Waals surface area contributed by atoms with E-state index in [2.05, 4.69) is 20.9 Å². The summed E-state index contributed by atoms with van der Waals surface area (Å²) in [5.41, 5.74) is 1.84. The standard InChI is InChI=1S/C13H7BrClFN2S/c14-7-4-5-10(9(16)6-7)18-11-3-1-2-8(15)12(11)17-13(18)19/h1-6H,(H,17,19). The molecule has 0 saturated heterocycles. The number of rotatable bonds is 1. The fraction of sp³-hybridized carbons (Fsp3) is 0. The molecule has 1 aromatic heterocycles. The summed E-state index contributed by atoms with van der Waals surface area (Å²) < 4.78 is 16.8. The van der Waals surface area contributed by atoms with Gasteiger partial charge in [0, 0.05) is 4.47 Å². The molecule has 0 atom stereocenters. The average molecular weight is 358 g/mol. The van der Waals surface area contributed by atoms with Crippen molar-refractivity contribution in [2.24, 2.45) is 0 Å². The predicted molar refractivity (Wildman–Crippen MR) is 81.1 cm³/mol. The SMILES string of the molecule is Fc1cc(Br)ccc1-n1c(=S)[nH]c2c(Cl)cccc21. The van der Waals surface area contributed by atoms with Crippen LogP contribution in [0.1, 0.15) is 0 Å². The monoisotopic (exact) mass is 356 g/mol. The third kappa shape index (κ3) is 2.12. The number of nitrogens with zero attached hydrogens (tertiary/aromatic N) is 1. The van der Waals surface area contributed by atoms with Gasteiger partial charge in [-0.2, -0.15) is 0 Å². The smallest absolute Gasteiger partial charge is 0.182 e. The molecule has 1 N–H and O–H groups in total. The molecular formula is C13H7BrClFN2S. The van der Waals surface area contributed by atoms with E-state index < -0.39 is 0 Å². The molecule has 0 aliphatic heterocycles. The van der Waals surface area contributed by atoms with Gasteiger partial charge in [-0.25, -0.2) is 4.39 Å². The largest absolute Gasteiger partial charge is 0.329 e. The van der Waals surface area contributed by atoms with Gasteiger partial charge < -0.3 is 4.98 Å². The molecule has 0 amide bonds. The van der Waals surface area contributed by atoms with Crippen molar-refractivity contribution in [2.45, 2.75) is 0 Å². The first kappa shape index (κ1) is 12.8. The molecule has 2 aromatic carbocycles. The highest BCUT2D eigenvalue weighted by atomic mass is 79.9. The Balaban J connectivity index is 2.40. The highest BCUT2D eigenvalue weighted by molar-refractivity contribution is 9.10. The maximum atomic E-state index is 14.1. The van der Waals surface area contributed by atoms with Crippen LogP contribution in [0.25, 0.3) is 16.7 Å². The summed E-state index contributed by atoms with van der Waals surface area (Å²) in [7, 11) is 0. The Kier molecular flexibility index (Phi) is 3.20. The molecule has 3 aromatic rings. The van der Waals surface area contributed by atoms with Gasteiger partial charge in [-0.3, -0.25) is 4.57 Å². The molecule has 3 rings (SSSR count). The molecule has 0 spiro atoms. The van der Waals surface area contributed by atoms with E-state index in [9.17, 15) is 4.39 Å². The second kappa shape index (κ2) is 4.74.